The molecule has 1 unspecified atom stereocenters. The van der Waals surface area contributed by atoms with Crippen LogP contribution in [0, 0.1) is 5.82 Å². The van der Waals surface area contributed by atoms with Gasteiger partial charge >= 0.3 is 5.97 Å². The summed E-state index contributed by atoms with van der Waals surface area (Å²) in [5.74, 6) is -2.21. The van der Waals surface area contributed by atoms with Crippen molar-refractivity contribution in [3.8, 4) is 11.4 Å². The molecule has 13 heteroatoms. The van der Waals surface area contributed by atoms with Crippen LogP contribution in [0.5, 0.6) is 5.75 Å². The first-order valence-electron chi connectivity index (χ1n) is 13.8. The Hall–Kier alpha value is -4.49. The third-order valence-electron chi connectivity index (χ3n) is 6.80. The van der Waals surface area contributed by atoms with Gasteiger partial charge in [0.2, 0.25) is 17.2 Å². The summed E-state index contributed by atoms with van der Waals surface area (Å²) in [6.07, 6.45) is 1.89. The predicted molar refractivity (Wildman–Crippen MR) is 158 cm³/mol. The molecule has 1 atom stereocenters. The Morgan fingerprint density at radius 3 is 2.56 bits per heavy atom. The fraction of sp³-hybridized carbons (Fsp3) is 0.400. The normalized spacial score (nSPS) is 14.5. The Bertz CT molecular complexity index is 1570. The Balaban J connectivity index is 1.97. The number of para-hydroxylation sites is 2. The average molecular weight is 599 g/mol. The standard InChI is InChI=1S/C30H35FN4O8/c1-5-42-30(39)21-16-35(22-8-6-7-9-25(22)43-17-41-13-12-40-4)23-14-24(34-11-10-20(15-34)32-18(2)36)27(31)28(33-19(3)37)26(23)29(21)38/h6-9,14,16,20H,5,10-13,15,17H2,1-4H3,(H,32,36)(H,33,37). The Kier molecular flexibility index (Phi) is 10.3. The molecule has 3 aromatic rings. The number of nitrogens with zero attached hydrogens (tertiary/aromatic N) is 2. The first-order valence-corrected chi connectivity index (χ1v) is 13.8. The van der Waals surface area contributed by atoms with Gasteiger partial charge in [-0.2, -0.15) is 0 Å². The molecule has 0 radical (unpaired) electrons. The number of hydrogen-bond acceptors (Lipinski definition) is 9. The zero-order chi connectivity index (χ0) is 31.1. The number of rotatable bonds is 12. The smallest absolute Gasteiger partial charge is 0.343 e. The van der Waals surface area contributed by atoms with Crippen LogP contribution in [0.4, 0.5) is 15.8 Å². The van der Waals surface area contributed by atoms with Crippen LogP contribution in [0.15, 0.2) is 41.3 Å². The van der Waals surface area contributed by atoms with E-state index in [9.17, 15) is 19.2 Å². The van der Waals surface area contributed by atoms with Crippen molar-refractivity contribution >= 4 is 40.1 Å². The van der Waals surface area contributed by atoms with E-state index in [0.717, 1.165) is 0 Å². The van der Waals surface area contributed by atoms with Crippen molar-refractivity contribution < 1.29 is 37.7 Å². The molecule has 4 rings (SSSR count). The van der Waals surface area contributed by atoms with E-state index < -0.39 is 23.1 Å². The van der Waals surface area contributed by atoms with Crippen molar-refractivity contribution in [1.29, 1.82) is 0 Å². The van der Waals surface area contributed by atoms with Crippen molar-refractivity contribution in [2.45, 2.75) is 33.2 Å². The number of amides is 2. The number of carbonyl (C=O) groups excluding carboxylic acids is 3. The zero-order valence-corrected chi connectivity index (χ0v) is 24.5. The monoisotopic (exact) mass is 598 g/mol. The first-order chi connectivity index (χ1) is 20.7. The molecule has 2 heterocycles. The molecule has 1 aromatic heterocycles. The van der Waals surface area contributed by atoms with Gasteiger partial charge in [0.1, 0.15) is 11.3 Å². The van der Waals surface area contributed by atoms with Gasteiger partial charge < -0.3 is 39.0 Å². The topological polar surface area (TPSA) is 137 Å². The van der Waals surface area contributed by atoms with Crippen LogP contribution in [-0.2, 0) is 23.8 Å². The highest BCUT2D eigenvalue weighted by atomic mass is 19.1. The lowest BCUT2D eigenvalue weighted by Gasteiger charge is -2.24. The summed E-state index contributed by atoms with van der Waals surface area (Å²) in [4.78, 5) is 52.4. The number of aromatic nitrogens is 1. The number of pyridine rings is 1. The number of carbonyl (C=O) groups is 3. The number of fused-ring (bicyclic) bond motifs is 1. The molecule has 0 saturated carbocycles. The van der Waals surface area contributed by atoms with E-state index in [1.807, 2.05) is 0 Å². The van der Waals surface area contributed by atoms with E-state index in [1.54, 1.807) is 43.2 Å². The van der Waals surface area contributed by atoms with Crippen molar-refractivity contribution in [3.05, 3.63) is 58.1 Å². The molecule has 0 bridgehead atoms. The second kappa shape index (κ2) is 14.1. The van der Waals surface area contributed by atoms with Gasteiger partial charge in [-0.1, -0.05) is 12.1 Å². The van der Waals surface area contributed by atoms with Gasteiger partial charge in [-0.05, 0) is 31.5 Å². The van der Waals surface area contributed by atoms with Crippen LogP contribution < -0.4 is 25.7 Å². The average Bonchev–Trinajstić information content (AvgIpc) is 3.42. The summed E-state index contributed by atoms with van der Waals surface area (Å²) in [7, 11) is 1.55. The Labute approximate surface area is 247 Å². The second-order valence-electron chi connectivity index (χ2n) is 9.89. The number of halogens is 1. The number of nitrogens with one attached hydrogen (secondary N) is 2. The molecular weight excluding hydrogens is 563 g/mol. The third kappa shape index (κ3) is 7.12. The van der Waals surface area contributed by atoms with E-state index in [-0.39, 0.29) is 53.2 Å². The van der Waals surface area contributed by atoms with Gasteiger partial charge in [0.15, 0.2) is 12.6 Å². The maximum Gasteiger partial charge on any atom is 0.343 e. The maximum absolute atomic E-state index is 16.3. The molecule has 2 aromatic carbocycles. The van der Waals surface area contributed by atoms with E-state index in [1.165, 1.54) is 30.7 Å². The van der Waals surface area contributed by atoms with Crippen LogP contribution in [0.25, 0.3) is 16.6 Å². The number of anilines is 2. The fourth-order valence-electron chi connectivity index (χ4n) is 4.99. The van der Waals surface area contributed by atoms with Crippen LogP contribution in [-0.4, -0.2) is 75.2 Å². The number of esters is 1. The highest BCUT2D eigenvalue weighted by Crippen LogP contribution is 2.37. The molecule has 1 fully saturated rings. The van der Waals surface area contributed by atoms with Crippen molar-refractivity contribution in [2.24, 2.45) is 0 Å². The summed E-state index contributed by atoms with van der Waals surface area (Å²) in [5, 5.41) is 5.10. The largest absolute Gasteiger partial charge is 0.465 e. The molecule has 230 valence electrons. The van der Waals surface area contributed by atoms with E-state index in [4.69, 9.17) is 18.9 Å². The first kappa shape index (κ1) is 31.4. The minimum atomic E-state index is -0.902. The van der Waals surface area contributed by atoms with Gasteiger partial charge in [0, 0.05) is 46.3 Å². The molecule has 43 heavy (non-hydrogen) atoms. The minimum Gasteiger partial charge on any atom is -0.465 e. The molecule has 1 saturated heterocycles. The van der Waals surface area contributed by atoms with Gasteiger partial charge in [0.25, 0.3) is 0 Å². The lowest BCUT2D eigenvalue weighted by molar-refractivity contribution is -0.119. The summed E-state index contributed by atoms with van der Waals surface area (Å²) in [6, 6.07) is 8.14. The van der Waals surface area contributed by atoms with E-state index in [2.05, 4.69) is 10.6 Å². The van der Waals surface area contributed by atoms with Crippen LogP contribution in [0.3, 0.4) is 0 Å². The fourth-order valence-corrected chi connectivity index (χ4v) is 4.99. The maximum atomic E-state index is 16.3. The van der Waals surface area contributed by atoms with Gasteiger partial charge in [0.05, 0.1) is 47.8 Å². The highest BCUT2D eigenvalue weighted by molar-refractivity contribution is 6.05. The lowest BCUT2D eigenvalue weighted by Crippen LogP contribution is -2.35. The molecule has 0 aliphatic carbocycles. The summed E-state index contributed by atoms with van der Waals surface area (Å²) < 4.78 is 39.3. The molecule has 1 aliphatic heterocycles. The number of hydrogen-bond donors (Lipinski definition) is 2. The summed E-state index contributed by atoms with van der Waals surface area (Å²) in [6.45, 7) is 5.49. The SMILES string of the molecule is CCOC(=O)c1cn(-c2ccccc2OCOCCOC)c2cc(N3CCC(NC(C)=O)C3)c(F)c(NC(C)=O)c2c1=O. The van der Waals surface area contributed by atoms with Crippen LogP contribution in [0.2, 0.25) is 0 Å². The quantitative estimate of drug-likeness (QED) is 0.183. The zero-order valence-electron chi connectivity index (χ0n) is 24.5. The molecule has 0 spiro atoms. The van der Waals surface area contributed by atoms with Crippen LogP contribution >= 0.6 is 0 Å². The number of methoxy groups -OCH3 is 1. The Morgan fingerprint density at radius 1 is 1.09 bits per heavy atom. The molecule has 1 aliphatic rings. The van der Waals surface area contributed by atoms with Gasteiger partial charge in [-0.15, -0.1) is 0 Å². The highest BCUT2D eigenvalue weighted by Gasteiger charge is 2.30. The molecule has 2 amide bonds. The third-order valence-corrected chi connectivity index (χ3v) is 6.80. The second-order valence-corrected chi connectivity index (χ2v) is 9.89. The van der Waals surface area contributed by atoms with Crippen molar-refractivity contribution in [3.63, 3.8) is 0 Å². The summed E-state index contributed by atoms with van der Waals surface area (Å²) in [5.41, 5.74) is -0.796. The Morgan fingerprint density at radius 2 is 1.86 bits per heavy atom. The number of benzene rings is 2. The molecule has 12 nitrogen and oxygen atoms in total. The lowest BCUT2D eigenvalue weighted by atomic mass is 10.1. The van der Waals surface area contributed by atoms with Gasteiger partial charge in [-0.25, -0.2) is 9.18 Å². The van der Waals surface area contributed by atoms with E-state index in [0.29, 0.717) is 44.2 Å². The van der Waals surface area contributed by atoms with Gasteiger partial charge in [-0.3, -0.25) is 14.4 Å². The molecular formula is C30H35FN4O8. The van der Waals surface area contributed by atoms with Crippen LogP contribution in [0.1, 0.15) is 37.6 Å². The molecule has 2 N–H and O–H groups in total. The predicted octanol–water partition coefficient (Wildman–Crippen LogP) is 2.98. The summed E-state index contributed by atoms with van der Waals surface area (Å²) >= 11 is 0. The van der Waals surface area contributed by atoms with Crippen molar-refractivity contribution in [2.75, 3.05) is 57.0 Å². The minimum absolute atomic E-state index is 0.00506. The van der Waals surface area contributed by atoms with Crippen molar-refractivity contribution in [1.82, 2.24) is 9.88 Å². The number of ether oxygens (including phenoxy) is 4. The van der Waals surface area contributed by atoms with E-state index >= 15 is 4.39 Å².